The van der Waals surface area contributed by atoms with E-state index in [-0.39, 0.29) is 19.1 Å². The maximum absolute atomic E-state index is 11.8. The summed E-state index contributed by atoms with van der Waals surface area (Å²) in [4.78, 5) is 36.2. The van der Waals surface area contributed by atoms with Gasteiger partial charge in [-0.25, -0.2) is 4.79 Å². The zero-order valence-electron chi connectivity index (χ0n) is 13.3. The van der Waals surface area contributed by atoms with Gasteiger partial charge >= 0.3 is 5.97 Å². The summed E-state index contributed by atoms with van der Waals surface area (Å²) >= 11 is 0. The lowest BCUT2D eigenvalue weighted by atomic mass is 10.1. The van der Waals surface area contributed by atoms with Gasteiger partial charge in [0.2, 0.25) is 5.91 Å². The molecule has 124 valence electrons. The lowest BCUT2D eigenvalue weighted by molar-refractivity contribution is -0.151. The zero-order valence-corrected chi connectivity index (χ0v) is 13.3. The molecule has 1 aliphatic heterocycles. The Labute approximate surface area is 134 Å². The van der Waals surface area contributed by atoms with Crippen LogP contribution < -0.4 is 10.2 Å². The lowest BCUT2D eigenvalue weighted by Crippen LogP contribution is -2.25. The van der Waals surface area contributed by atoms with E-state index < -0.39 is 11.9 Å². The third-order valence-corrected chi connectivity index (χ3v) is 3.43. The van der Waals surface area contributed by atoms with Crippen molar-refractivity contribution in [1.82, 2.24) is 0 Å². The number of rotatable bonds is 6. The molecule has 0 unspecified atom stereocenters. The number of hydrogen-bond acceptors (Lipinski definition) is 5. The highest BCUT2D eigenvalue weighted by atomic mass is 16.6. The predicted octanol–water partition coefficient (Wildman–Crippen LogP) is 1.11. The Bertz CT molecular complexity index is 614. The van der Waals surface area contributed by atoms with Crippen molar-refractivity contribution in [3.05, 3.63) is 23.8 Å². The van der Waals surface area contributed by atoms with Crippen molar-refractivity contribution < 1.29 is 23.9 Å². The molecule has 2 rings (SSSR count). The quantitative estimate of drug-likeness (QED) is 0.794. The van der Waals surface area contributed by atoms with Gasteiger partial charge in [0.05, 0.1) is 0 Å². The van der Waals surface area contributed by atoms with Crippen LogP contribution in [0.4, 0.5) is 11.4 Å². The summed E-state index contributed by atoms with van der Waals surface area (Å²) in [6, 6.07) is 5.36. The summed E-state index contributed by atoms with van der Waals surface area (Å²) in [6.07, 6.45) is 0.752. The number of hydrogen-bond donors (Lipinski definition) is 1. The van der Waals surface area contributed by atoms with Crippen LogP contribution in [0.1, 0.15) is 19.4 Å². The van der Waals surface area contributed by atoms with E-state index in [9.17, 15) is 14.4 Å². The van der Waals surface area contributed by atoms with Crippen molar-refractivity contribution in [1.29, 1.82) is 0 Å². The first kappa shape index (κ1) is 17.0. The van der Waals surface area contributed by atoms with E-state index in [0.717, 1.165) is 17.7 Å². The topological polar surface area (TPSA) is 84.9 Å². The molecule has 0 saturated heterocycles. The largest absolute Gasteiger partial charge is 0.454 e. The molecule has 0 aromatic heterocycles. The SMILES string of the molecule is CCOCC(=O)OCC(=O)Nc1ccc2c(c1)CCN2C(C)=O. The molecular formula is C16H20N2O5. The van der Waals surface area contributed by atoms with Gasteiger partial charge in [-0.3, -0.25) is 9.59 Å². The van der Waals surface area contributed by atoms with Crippen LogP contribution in [0.3, 0.4) is 0 Å². The van der Waals surface area contributed by atoms with Crippen molar-refractivity contribution in [3.63, 3.8) is 0 Å². The molecule has 0 atom stereocenters. The standard InChI is InChI=1S/C16H20N2O5/c1-3-22-10-16(21)23-9-15(20)17-13-4-5-14-12(8-13)6-7-18(14)11(2)19/h4-5,8H,3,6-7,9-10H2,1-2H3,(H,17,20). The van der Waals surface area contributed by atoms with Gasteiger partial charge in [-0.15, -0.1) is 0 Å². The van der Waals surface area contributed by atoms with Crippen LogP contribution in [0.25, 0.3) is 0 Å². The van der Waals surface area contributed by atoms with Gasteiger partial charge in [0.25, 0.3) is 5.91 Å². The molecule has 0 saturated carbocycles. The number of nitrogens with one attached hydrogen (secondary N) is 1. The first-order valence-electron chi connectivity index (χ1n) is 7.45. The Morgan fingerprint density at radius 3 is 2.74 bits per heavy atom. The van der Waals surface area contributed by atoms with Crippen LogP contribution in [0.15, 0.2) is 18.2 Å². The Morgan fingerprint density at radius 2 is 2.04 bits per heavy atom. The van der Waals surface area contributed by atoms with Crippen LogP contribution >= 0.6 is 0 Å². The molecule has 1 aromatic rings. The number of benzene rings is 1. The van der Waals surface area contributed by atoms with E-state index in [2.05, 4.69) is 5.32 Å². The van der Waals surface area contributed by atoms with Crippen molar-refractivity contribution in [3.8, 4) is 0 Å². The maximum Gasteiger partial charge on any atom is 0.332 e. The fourth-order valence-electron chi connectivity index (χ4n) is 2.38. The van der Waals surface area contributed by atoms with Gasteiger partial charge in [0.15, 0.2) is 6.61 Å². The molecule has 0 aliphatic carbocycles. The minimum absolute atomic E-state index is 0.00162. The second-order valence-electron chi connectivity index (χ2n) is 5.11. The number of ether oxygens (including phenoxy) is 2. The molecule has 0 spiro atoms. The van der Waals surface area contributed by atoms with Crippen LogP contribution in [0, 0.1) is 0 Å². The molecule has 2 amide bonds. The molecular weight excluding hydrogens is 300 g/mol. The summed E-state index contributed by atoms with van der Waals surface area (Å²) in [6.45, 7) is 3.83. The van der Waals surface area contributed by atoms with E-state index in [0.29, 0.717) is 18.8 Å². The third kappa shape index (κ3) is 4.53. The van der Waals surface area contributed by atoms with Gasteiger partial charge < -0.3 is 19.7 Å². The third-order valence-electron chi connectivity index (χ3n) is 3.43. The summed E-state index contributed by atoms with van der Waals surface area (Å²) < 4.78 is 9.68. The van der Waals surface area contributed by atoms with Crippen molar-refractivity contribution in [2.75, 3.05) is 36.6 Å². The number of carbonyl (C=O) groups is 3. The Balaban J connectivity index is 1.88. The summed E-state index contributed by atoms with van der Waals surface area (Å²) in [5.41, 5.74) is 2.49. The number of anilines is 2. The van der Waals surface area contributed by atoms with E-state index in [1.165, 1.54) is 6.92 Å². The van der Waals surface area contributed by atoms with Gasteiger partial charge in [-0.2, -0.15) is 0 Å². The van der Waals surface area contributed by atoms with E-state index in [1.807, 2.05) is 6.07 Å². The number of esters is 1. The Kier molecular flexibility index (Phi) is 5.70. The second kappa shape index (κ2) is 7.73. The minimum Gasteiger partial charge on any atom is -0.454 e. The van der Waals surface area contributed by atoms with Crippen molar-refractivity contribution in [2.24, 2.45) is 0 Å². The van der Waals surface area contributed by atoms with Crippen molar-refractivity contribution >= 4 is 29.2 Å². The number of amides is 2. The van der Waals surface area contributed by atoms with Gasteiger partial charge in [-0.1, -0.05) is 0 Å². The predicted molar refractivity (Wildman–Crippen MR) is 84.3 cm³/mol. The number of nitrogens with zero attached hydrogens (tertiary/aromatic N) is 1. The molecule has 1 aromatic carbocycles. The summed E-state index contributed by atoms with van der Waals surface area (Å²) in [7, 11) is 0. The first-order chi connectivity index (χ1) is 11.0. The van der Waals surface area contributed by atoms with Crippen LogP contribution in [-0.4, -0.2) is 44.1 Å². The smallest absolute Gasteiger partial charge is 0.332 e. The van der Waals surface area contributed by atoms with E-state index in [1.54, 1.807) is 24.0 Å². The highest BCUT2D eigenvalue weighted by molar-refractivity contribution is 5.96. The average Bonchev–Trinajstić information content (AvgIpc) is 2.94. The molecule has 1 heterocycles. The fourth-order valence-corrected chi connectivity index (χ4v) is 2.38. The molecule has 0 fully saturated rings. The minimum atomic E-state index is -0.576. The normalized spacial score (nSPS) is 12.7. The van der Waals surface area contributed by atoms with Crippen LogP contribution in [-0.2, 0) is 30.3 Å². The average molecular weight is 320 g/mol. The van der Waals surface area contributed by atoms with Gasteiger partial charge in [0.1, 0.15) is 6.61 Å². The molecule has 0 bridgehead atoms. The fraction of sp³-hybridized carbons (Fsp3) is 0.438. The molecule has 1 aliphatic rings. The van der Waals surface area contributed by atoms with Crippen molar-refractivity contribution in [2.45, 2.75) is 20.3 Å². The van der Waals surface area contributed by atoms with E-state index >= 15 is 0 Å². The zero-order chi connectivity index (χ0) is 16.8. The number of fused-ring (bicyclic) bond motifs is 1. The monoisotopic (exact) mass is 320 g/mol. The van der Waals surface area contributed by atoms with Gasteiger partial charge in [-0.05, 0) is 37.1 Å². The molecule has 7 nitrogen and oxygen atoms in total. The highest BCUT2D eigenvalue weighted by Crippen LogP contribution is 2.30. The molecule has 7 heteroatoms. The Hall–Kier alpha value is -2.41. The van der Waals surface area contributed by atoms with E-state index in [4.69, 9.17) is 9.47 Å². The summed E-state index contributed by atoms with van der Waals surface area (Å²) in [5.74, 6) is -0.994. The van der Waals surface area contributed by atoms with Crippen LogP contribution in [0.2, 0.25) is 0 Å². The van der Waals surface area contributed by atoms with Gasteiger partial charge in [0, 0.05) is 31.5 Å². The molecule has 23 heavy (non-hydrogen) atoms. The van der Waals surface area contributed by atoms with Crippen LogP contribution in [0.5, 0.6) is 0 Å². The Morgan fingerprint density at radius 1 is 1.26 bits per heavy atom. The first-order valence-corrected chi connectivity index (χ1v) is 7.45. The lowest BCUT2D eigenvalue weighted by Gasteiger charge is -2.15. The molecule has 0 radical (unpaired) electrons. The maximum atomic E-state index is 11.8. The number of carbonyl (C=O) groups excluding carboxylic acids is 3. The summed E-state index contributed by atoms with van der Waals surface area (Å²) in [5, 5.41) is 2.67. The second-order valence-corrected chi connectivity index (χ2v) is 5.11. The highest BCUT2D eigenvalue weighted by Gasteiger charge is 2.22. The molecule has 1 N–H and O–H groups in total.